The Morgan fingerprint density at radius 2 is 2.06 bits per heavy atom. The second-order valence-electron chi connectivity index (χ2n) is 4.18. The highest BCUT2D eigenvalue weighted by molar-refractivity contribution is 6.42. The van der Waals surface area contributed by atoms with Crippen LogP contribution in [0.1, 0.15) is 25.7 Å². The largest absolute Gasteiger partial charge is 0.326 e. The molecule has 2 nitrogen and oxygen atoms in total. The number of anilines is 1. The van der Waals surface area contributed by atoms with E-state index in [9.17, 15) is 4.79 Å². The predicted molar refractivity (Wildman–Crippen MR) is 67.0 cm³/mol. The van der Waals surface area contributed by atoms with E-state index in [-0.39, 0.29) is 5.91 Å². The molecule has 0 radical (unpaired) electrons. The molecule has 0 bridgehead atoms. The summed E-state index contributed by atoms with van der Waals surface area (Å²) in [5, 5.41) is 3.79. The minimum absolute atomic E-state index is 0.0584. The molecule has 0 heterocycles. The Hall–Kier alpha value is -0.730. The molecule has 1 aliphatic carbocycles. The average Bonchev–Trinajstić information content (AvgIpc) is 2.18. The van der Waals surface area contributed by atoms with Crippen LogP contribution >= 0.6 is 23.2 Å². The van der Waals surface area contributed by atoms with Crippen LogP contribution < -0.4 is 5.32 Å². The van der Waals surface area contributed by atoms with Crippen LogP contribution in [0.2, 0.25) is 10.0 Å². The first-order chi connectivity index (χ1) is 7.65. The van der Waals surface area contributed by atoms with Crippen molar-refractivity contribution in [2.45, 2.75) is 25.7 Å². The SMILES string of the molecule is O=C(CC1CCC1)Nc1ccc(Cl)c(Cl)c1. The van der Waals surface area contributed by atoms with Crippen LogP contribution in [0.5, 0.6) is 0 Å². The molecule has 0 aromatic heterocycles. The quantitative estimate of drug-likeness (QED) is 0.867. The van der Waals surface area contributed by atoms with Gasteiger partial charge in [0.25, 0.3) is 0 Å². The summed E-state index contributed by atoms with van der Waals surface area (Å²) in [4.78, 5) is 11.6. The molecule has 1 N–H and O–H groups in total. The third-order valence-electron chi connectivity index (χ3n) is 2.90. The van der Waals surface area contributed by atoms with E-state index in [1.807, 2.05) is 0 Å². The molecular weight excluding hydrogens is 245 g/mol. The van der Waals surface area contributed by atoms with E-state index in [2.05, 4.69) is 5.32 Å². The van der Waals surface area contributed by atoms with Crippen LogP contribution in [0.15, 0.2) is 18.2 Å². The van der Waals surface area contributed by atoms with Crippen molar-refractivity contribution in [3.05, 3.63) is 28.2 Å². The average molecular weight is 258 g/mol. The van der Waals surface area contributed by atoms with Crippen LogP contribution in [-0.4, -0.2) is 5.91 Å². The summed E-state index contributed by atoms with van der Waals surface area (Å²) < 4.78 is 0. The zero-order chi connectivity index (χ0) is 11.5. The van der Waals surface area contributed by atoms with Gasteiger partial charge in [0.05, 0.1) is 10.0 Å². The molecule has 1 amide bonds. The van der Waals surface area contributed by atoms with Crippen molar-refractivity contribution >= 4 is 34.8 Å². The van der Waals surface area contributed by atoms with Crippen molar-refractivity contribution in [3.8, 4) is 0 Å². The van der Waals surface area contributed by atoms with Crippen molar-refractivity contribution in [1.82, 2.24) is 0 Å². The maximum atomic E-state index is 11.6. The van der Waals surface area contributed by atoms with E-state index in [4.69, 9.17) is 23.2 Å². The summed E-state index contributed by atoms with van der Waals surface area (Å²) in [5.74, 6) is 0.630. The summed E-state index contributed by atoms with van der Waals surface area (Å²) in [7, 11) is 0. The van der Waals surface area contributed by atoms with Gasteiger partial charge in [-0.3, -0.25) is 4.79 Å². The molecule has 16 heavy (non-hydrogen) atoms. The minimum Gasteiger partial charge on any atom is -0.326 e. The number of halogens is 2. The van der Waals surface area contributed by atoms with Crippen LogP contribution in [0.3, 0.4) is 0 Å². The zero-order valence-electron chi connectivity index (χ0n) is 8.80. The number of rotatable bonds is 3. The molecule has 1 aliphatic rings. The molecule has 0 atom stereocenters. The molecule has 1 fully saturated rings. The monoisotopic (exact) mass is 257 g/mol. The Balaban J connectivity index is 1.92. The van der Waals surface area contributed by atoms with Crippen LogP contribution in [0.4, 0.5) is 5.69 Å². The fourth-order valence-electron chi connectivity index (χ4n) is 1.75. The summed E-state index contributed by atoms with van der Waals surface area (Å²) in [6.45, 7) is 0. The fraction of sp³-hybridized carbons (Fsp3) is 0.417. The van der Waals surface area contributed by atoms with Crippen molar-refractivity contribution in [1.29, 1.82) is 0 Å². The van der Waals surface area contributed by atoms with E-state index < -0.39 is 0 Å². The lowest BCUT2D eigenvalue weighted by atomic mass is 9.83. The lowest BCUT2D eigenvalue weighted by Gasteiger charge is -2.24. The molecule has 1 aromatic rings. The number of hydrogen-bond donors (Lipinski definition) is 1. The van der Waals surface area contributed by atoms with Crippen LogP contribution in [0.25, 0.3) is 0 Å². The van der Waals surface area contributed by atoms with Crippen molar-refractivity contribution < 1.29 is 4.79 Å². The maximum Gasteiger partial charge on any atom is 0.224 e. The number of carbonyl (C=O) groups is 1. The van der Waals surface area contributed by atoms with E-state index >= 15 is 0 Å². The Labute approximate surface area is 105 Å². The standard InChI is InChI=1S/C12H13Cl2NO/c13-10-5-4-9(7-11(10)14)15-12(16)6-8-2-1-3-8/h4-5,7-8H,1-3,6H2,(H,15,16). The summed E-state index contributed by atoms with van der Waals surface area (Å²) in [6.07, 6.45) is 4.22. The Bertz CT molecular complexity index is 402. The second-order valence-corrected chi connectivity index (χ2v) is 4.99. The van der Waals surface area contributed by atoms with Gasteiger partial charge < -0.3 is 5.32 Å². The van der Waals surface area contributed by atoms with E-state index in [1.54, 1.807) is 18.2 Å². The van der Waals surface area contributed by atoms with Gasteiger partial charge in [0.2, 0.25) is 5.91 Å². The number of nitrogens with one attached hydrogen (secondary N) is 1. The molecule has 0 saturated heterocycles. The molecule has 1 aromatic carbocycles. The van der Waals surface area contributed by atoms with E-state index in [0.29, 0.717) is 28.1 Å². The van der Waals surface area contributed by atoms with Crippen LogP contribution in [-0.2, 0) is 4.79 Å². The summed E-state index contributed by atoms with van der Waals surface area (Å²) >= 11 is 11.6. The second kappa shape index (κ2) is 5.07. The number of carbonyl (C=O) groups excluding carboxylic acids is 1. The van der Waals surface area contributed by atoms with Gasteiger partial charge in [-0.25, -0.2) is 0 Å². The van der Waals surface area contributed by atoms with E-state index in [1.165, 1.54) is 19.3 Å². The minimum atomic E-state index is 0.0584. The smallest absolute Gasteiger partial charge is 0.224 e. The Kier molecular flexibility index (Phi) is 3.72. The number of hydrogen-bond acceptors (Lipinski definition) is 1. The van der Waals surface area contributed by atoms with Gasteiger partial charge in [-0.15, -0.1) is 0 Å². The first-order valence-electron chi connectivity index (χ1n) is 5.40. The number of amides is 1. The lowest BCUT2D eigenvalue weighted by molar-refractivity contribution is -0.117. The van der Waals surface area contributed by atoms with Gasteiger partial charge in [0, 0.05) is 12.1 Å². The molecule has 86 valence electrons. The molecule has 1 saturated carbocycles. The van der Waals surface area contributed by atoms with E-state index in [0.717, 1.165) is 0 Å². The summed E-state index contributed by atoms with van der Waals surface area (Å²) in [6, 6.07) is 5.11. The highest BCUT2D eigenvalue weighted by atomic mass is 35.5. The molecule has 4 heteroatoms. The van der Waals surface area contributed by atoms with Crippen LogP contribution in [0, 0.1) is 5.92 Å². The molecule has 0 spiro atoms. The molecule has 0 aliphatic heterocycles. The third-order valence-corrected chi connectivity index (χ3v) is 3.64. The maximum absolute atomic E-state index is 11.6. The van der Waals surface area contributed by atoms with Gasteiger partial charge in [0.1, 0.15) is 0 Å². The van der Waals surface area contributed by atoms with Gasteiger partial charge in [0.15, 0.2) is 0 Å². The van der Waals surface area contributed by atoms with Gasteiger partial charge in [-0.2, -0.15) is 0 Å². The first-order valence-corrected chi connectivity index (χ1v) is 6.15. The lowest BCUT2D eigenvalue weighted by Crippen LogP contribution is -2.20. The van der Waals surface area contributed by atoms with Gasteiger partial charge >= 0.3 is 0 Å². The van der Waals surface area contributed by atoms with Gasteiger partial charge in [-0.1, -0.05) is 29.6 Å². The molecule has 0 unspecified atom stereocenters. The zero-order valence-corrected chi connectivity index (χ0v) is 10.3. The van der Waals surface area contributed by atoms with Crippen molar-refractivity contribution in [3.63, 3.8) is 0 Å². The Morgan fingerprint density at radius 1 is 1.31 bits per heavy atom. The van der Waals surface area contributed by atoms with Crippen molar-refractivity contribution in [2.24, 2.45) is 5.92 Å². The normalized spacial score (nSPS) is 15.6. The predicted octanol–water partition coefficient (Wildman–Crippen LogP) is 4.12. The Morgan fingerprint density at radius 3 is 2.62 bits per heavy atom. The third kappa shape index (κ3) is 2.89. The first kappa shape index (κ1) is 11.7. The molecular formula is C12H13Cl2NO. The molecule has 2 rings (SSSR count). The highest BCUT2D eigenvalue weighted by Crippen LogP contribution is 2.30. The number of benzene rings is 1. The highest BCUT2D eigenvalue weighted by Gasteiger charge is 2.20. The van der Waals surface area contributed by atoms with Crippen molar-refractivity contribution in [2.75, 3.05) is 5.32 Å². The van der Waals surface area contributed by atoms with Gasteiger partial charge in [-0.05, 0) is 37.0 Å². The topological polar surface area (TPSA) is 29.1 Å². The fourth-order valence-corrected chi connectivity index (χ4v) is 2.04. The summed E-state index contributed by atoms with van der Waals surface area (Å²) in [5.41, 5.74) is 0.707.